The van der Waals surface area contributed by atoms with Gasteiger partial charge in [0, 0.05) is 17.5 Å². The minimum Gasteiger partial charge on any atom is -0.497 e. The summed E-state index contributed by atoms with van der Waals surface area (Å²) in [5, 5.41) is 20.4. The number of methoxy groups -OCH3 is 1. The molecule has 3 heterocycles. The maximum atomic E-state index is 14.5. The van der Waals surface area contributed by atoms with Crippen molar-refractivity contribution in [3.8, 4) is 5.75 Å². The van der Waals surface area contributed by atoms with Crippen LogP contribution in [0.25, 0.3) is 0 Å². The first-order valence-electron chi connectivity index (χ1n) is 12.8. The molecule has 3 saturated heterocycles. The third-order valence-electron chi connectivity index (χ3n) is 8.14. The van der Waals surface area contributed by atoms with E-state index in [0.717, 1.165) is 5.56 Å². The Morgan fingerprint density at radius 2 is 1.95 bits per heavy atom. The monoisotopic (exact) mass is 536 g/mol. The van der Waals surface area contributed by atoms with Crippen molar-refractivity contribution in [3.63, 3.8) is 0 Å². The number of amides is 2. The predicted molar refractivity (Wildman–Crippen MR) is 145 cm³/mol. The van der Waals surface area contributed by atoms with Crippen molar-refractivity contribution >= 4 is 35.2 Å². The molecular formula is C29H32N2O6S. The van der Waals surface area contributed by atoms with Gasteiger partial charge < -0.3 is 24.7 Å². The number of carboxylic acids is 1. The molecule has 2 amide bonds. The van der Waals surface area contributed by atoms with Crippen LogP contribution in [0.1, 0.15) is 18.4 Å². The van der Waals surface area contributed by atoms with Gasteiger partial charge in [0.1, 0.15) is 11.8 Å². The van der Waals surface area contributed by atoms with E-state index in [1.807, 2.05) is 30.3 Å². The van der Waals surface area contributed by atoms with E-state index in [-0.39, 0.29) is 30.2 Å². The minimum atomic E-state index is -1.00. The molecule has 8 nitrogen and oxygen atoms in total. The normalized spacial score (nSPS) is 28.2. The lowest BCUT2D eigenvalue weighted by Crippen LogP contribution is -2.58. The number of nitrogens with zero attached hydrogens (tertiary/aromatic N) is 2. The van der Waals surface area contributed by atoms with E-state index in [2.05, 4.69) is 6.58 Å². The lowest BCUT2D eigenvalue weighted by Gasteiger charge is -2.39. The molecule has 38 heavy (non-hydrogen) atoms. The molecule has 0 saturated carbocycles. The third-order valence-corrected chi connectivity index (χ3v) is 10.1. The van der Waals surface area contributed by atoms with Gasteiger partial charge in [0.2, 0.25) is 5.91 Å². The van der Waals surface area contributed by atoms with Crippen LogP contribution < -0.4 is 9.64 Å². The molecule has 200 valence electrons. The molecule has 1 spiro atoms. The van der Waals surface area contributed by atoms with E-state index in [4.69, 9.17) is 4.74 Å². The van der Waals surface area contributed by atoms with E-state index in [0.29, 0.717) is 30.7 Å². The summed E-state index contributed by atoms with van der Waals surface area (Å²) < 4.78 is 4.41. The molecule has 9 heteroatoms. The number of carboxylic acid groups (broad SMARTS) is 1. The predicted octanol–water partition coefficient (Wildman–Crippen LogP) is 2.99. The van der Waals surface area contributed by atoms with Gasteiger partial charge in [-0.05, 0) is 49.1 Å². The third kappa shape index (κ3) is 4.18. The van der Waals surface area contributed by atoms with Crippen LogP contribution in [-0.4, -0.2) is 75.2 Å². The van der Waals surface area contributed by atoms with Gasteiger partial charge in [-0.15, -0.1) is 18.3 Å². The van der Waals surface area contributed by atoms with E-state index in [9.17, 15) is 24.6 Å². The maximum absolute atomic E-state index is 14.5. The molecule has 0 radical (unpaired) electrons. The molecule has 3 fully saturated rings. The summed E-state index contributed by atoms with van der Waals surface area (Å²) >= 11 is 1.48. The highest BCUT2D eigenvalue weighted by Gasteiger charge is 2.74. The Balaban J connectivity index is 1.59. The number of likely N-dealkylation sites (tertiary alicyclic amines) is 1. The van der Waals surface area contributed by atoms with Crippen molar-refractivity contribution in [1.82, 2.24) is 4.90 Å². The summed E-state index contributed by atoms with van der Waals surface area (Å²) in [4.78, 5) is 44.1. The van der Waals surface area contributed by atoms with Gasteiger partial charge in [0.05, 0.1) is 36.3 Å². The van der Waals surface area contributed by atoms with Crippen LogP contribution >= 0.6 is 11.8 Å². The second-order valence-corrected chi connectivity index (χ2v) is 11.7. The number of hydrogen-bond acceptors (Lipinski definition) is 6. The first-order chi connectivity index (χ1) is 18.4. The fraction of sp³-hybridized carbons (Fsp3) is 0.414. The number of benzene rings is 2. The smallest absolute Gasteiger partial charge is 0.308 e. The summed E-state index contributed by atoms with van der Waals surface area (Å²) in [6.07, 6.45) is 3.19. The van der Waals surface area contributed by atoms with Crippen LogP contribution in [0.15, 0.2) is 67.3 Å². The van der Waals surface area contributed by atoms with E-state index < -0.39 is 34.6 Å². The van der Waals surface area contributed by atoms with Gasteiger partial charge in [-0.3, -0.25) is 14.4 Å². The van der Waals surface area contributed by atoms with E-state index in [1.54, 1.807) is 42.4 Å². The highest BCUT2D eigenvalue weighted by Crippen LogP contribution is 2.66. The van der Waals surface area contributed by atoms with Crippen molar-refractivity contribution in [1.29, 1.82) is 0 Å². The van der Waals surface area contributed by atoms with Crippen molar-refractivity contribution in [2.45, 2.75) is 41.3 Å². The molecule has 2 aromatic carbocycles. The van der Waals surface area contributed by atoms with Gasteiger partial charge in [-0.2, -0.15) is 0 Å². The molecule has 2 N–H and O–H groups in total. The van der Waals surface area contributed by atoms with Crippen LogP contribution in [0.3, 0.4) is 0 Å². The minimum absolute atomic E-state index is 0.212. The fourth-order valence-corrected chi connectivity index (χ4v) is 8.74. The zero-order chi connectivity index (χ0) is 27.0. The van der Waals surface area contributed by atoms with Gasteiger partial charge in [-0.1, -0.05) is 36.4 Å². The second kappa shape index (κ2) is 10.5. The van der Waals surface area contributed by atoms with Crippen LogP contribution in [0.5, 0.6) is 5.75 Å². The Labute approximate surface area is 226 Å². The quantitative estimate of drug-likeness (QED) is 0.450. The molecule has 0 aromatic heterocycles. The van der Waals surface area contributed by atoms with Crippen LogP contribution in [0.4, 0.5) is 5.69 Å². The number of carbonyl (C=O) groups excluding carboxylic acids is 2. The first-order valence-corrected chi connectivity index (χ1v) is 13.7. The second-order valence-electron chi connectivity index (χ2n) is 10.1. The lowest BCUT2D eigenvalue weighted by atomic mass is 9.71. The van der Waals surface area contributed by atoms with Crippen molar-refractivity contribution in [2.24, 2.45) is 11.8 Å². The molecule has 0 aliphatic carbocycles. The van der Waals surface area contributed by atoms with Crippen LogP contribution in [0.2, 0.25) is 0 Å². The molecule has 2 bridgehead atoms. The molecular weight excluding hydrogens is 504 g/mol. The lowest BCUT2D eigenvalue weighted by molar-refractivity contribution is -0.149. The number of fused-ring (bicyclic) bond motifs is 1. The molecule has 3 aliphatic rings. The summed E-state index contributed by atoms with van der Waals surface area (Å²) in [7, 11) is 1.57. The number of aliphatic hydroxyl groups is 1. The number of hydrogen-bond donors (Lipinski definition) is 2. The number of ether oxygens (including phenoxy) is 1. The van der Waals surface area contributed by atoms with Gasteiger partial charge >= 0.3 is 5.97 Å². The van der Waals surface area contributed by atoms with E-state index >= 15 is 0 Å². The Bertz CT molecular complexity index is 1220. The van der Waals surface area contributed by atoms with Gasteiger partial charge in [-0.25, -0.2) is 0 Å². The number of aliphatic carboxylic acids is 1. The van der Waals surface area contributed by atoms with Crippen molar-refractivity contribution in [3.05, 3.63) is 72.8 Å². The Hall–Kier alpha value is -3.30. The molecule has 5 rings (SSSR count). The number of aliphatic hydroxyl groups excluding tert-OH is 1. The summed E-state index contributed by atoms with van der Waals surface area (Å²) in [6.45, 7) is 3.70. The topological polar surface area (TPSA) is 107 Å². The largest absolute Gasteiger partial charge is 0.497 e. The first kappa shape index (κ1) is 26.3. The van der Waals surface area contributed by atoms with Crippen LogP contribution in [-0.2, 0) is 20.8 Å². The number of rotatable bonds is 10. The zero-order valence-electron chi connectivity index (χ0n) is 21.2. The fourth-order valence-electron chi connectivity index (χ4n) is 6.54. The Morgan fingerprint density at radius 3 is 2.55 bits per heavy atom. The Kier molecular flexibility index (Phi) is 7.24. The highest BCUT2D eigenvalue weighted by atomic mass is 32.2. The molecule has 2 unspecified atom stereocenters. The molecule has 6 atom stereocenters. The maximum Gasteiger partial charge on any atom is 0.308 e. The van der Waals surface area contributed by atoms with E-state index in [1.165, 1.54) is 16.7 Å². The van der Waals surface area contributed by atoms with Gasteiger partial charge in [0.25, 0.3) is 5.91 Å². The Morgan fingerprint density at radius 1 is 1.24 bits per heavy atom. The SMILES string of the molecule is C=CCN(C(=O)C1N([C@@H](CO)Cc2ccccc2)C(=O)[C@@H]2[C@H](C(=O)O)[C@@H]3CCC12S3)c1ccc(OC)cc1. The molecule has 2 aromatic rings. The number of carbonyl (C=O) groups is 3. The molecule has 3 aliphatic heterocycles. The van der Waals surface area contributed by atoms with Crippen molar-refractivity contribution in [2.75, 3.05) is 25.2 Å². The summed E-state index contributed by atoms with van der Waals surface area (Å²) in [6, 6.07) is 15.0. The zero-order valence-corrected chi connectivity index (χ0v) is 22.0. The number of thioether (sulfide) groups is 1. The highest BCUT2D eigenvalue weighted by molar-refractivity contribution is 8.02. The summed E-state index contributed by atoms with van der Waals surface area (Å²) in [5.74, 6) is -2.67. The summed E-state index contributed by atoms with van der Waals surface area (Å²) in [5.41, 5.74) is 1.55. The number of anilines is 1. The van der Waals surface area contributed by atoms with Crippen LogP contribution in [0, 0.1) is 11.8 Å². The average Bonchev–Trinajstić information content (AvgIpc) is 3.58. The van der Waals surface area contributed by atoms with Crippen molar-refractivity contribution < 1.29 is 29.3 Å². The standard InChI is InChI=1S/C29H32N2O6S/c1-3-15-30(19-9-11-21(37-2)12-10-19)27(34)25-29-14-13-22(38-29)23(28(35)36)24(29)26(33)31(25)20(17-32)16-18-7-5-4-6-8-18/h3-12,20,22-25,32H,1,13-17H2,2H3,(H,35,36)/t20-,22+,23-,24+,25?,29?/m1/s1. The average molecular weight is 537 g/mol. The van der Waals surface area contributed by atoms with Gasteiger partial charge in [0.15, 0.2) is 0 Å².